The molecule has 0 fully saturated rings. The normalized spacial score (nSPS) is 9.38. The predicted molar refractivity (Wildman–Crippen MR) is 58.0 cm³/mol. The molecule has 0 aliphatic heterocycles. The summed E-state index contributed by atoms with van der Waals surface area (Å²) < 4.78 is 12.4. The van der Waals surface area contributed by atoms with Crippen LogP contribution in [0.1, 0.15) is 6.42 Å². The molecule has 1 aromatic rings. The zero-order valence-corrected chi connectivity index (χ0v) is 8.84. The third-order valence-corrected chi connectivity index (χ3v) is 2.53. The maximum absolute atomic E-state index is 12.4. The van der Waals surface area contributed by atoms with Gasteiger partial charge in [0.05, 0.1) is 0 Å². The summed E-state index contributed by atoms with van der Waals surface area (Å²) >= 11 is 1.71. The number of hydrogen-bond acceptors (Lipinski definition) is 2. The Morgan fingerprint density at radius 1 is 1.23 bits per heavy atom. The largest absolute Gasteiger partial charge is 0.330 e. The lowest BCUT2D eigenvalue weighted by molar-refractivity contribution is 0.626. The molecule has 0 aromatic heterocycles. The van der Waals surface area contributed by atoms with E-state index in [0.717, 1.165) is 17.1 Å². The molecule has 1 aromatic carbocycles. The van der Waals surface area contributed by atoms with Crippen molar-refractivity contribution in [1.82, 2.24) is 0 Å². The van der Waals surface area contributed by atoms with E-state index in [-0.39, 0.29) is 18.2 Å². The van der Waals surface area contributed by atoms with Crippen molar-refractivity contribution in [2.24, 2.45) is 5.73 Å². The van der Waals surface area contributed by atoms with Gasteiger partial charge < -0.3 is 5.73 Å². The summed E-state index contributed by atoms with van der Waals surface area (Å²) in [5.41, 5.74) is 5.34. The van der Waals surface area contributed by atoms with Crippen molar-refractivity contribution in [2.75, 3.05) is 12.3 Å². The molecule has 0 radical (unpaired) electrons. The first-order chi connectivity index (χ1) is 5.83. The highest BCUT2D eigenvalue weighted by atomic mass is 35.5. The average Bonchev–Trinajstić information content (AvgIpc) is 2.09. The summed E-state index contributed by atoms with van der Waals surface area (Å²) in [7, 11) is 0. The van der Waals surface area contributed by atoms with Crippen LogP contribution in [0, 0.1) is 5.82 Å². The third-order valence-electron chi connectivity index (χ3n) is 1.43. The molecule has 0 saturated carbocycles. The van der Waals surface area contributed by atoms with E-state index in [0.29, 0.717) is 6.54 Å². The van der Waals surface area contributed by atoms with Crippen LogP contribution in [0.5, 0.6) is 0 Å². The maximum atomic E-state index is 12.4. The fourth-order valence-corrected chi connectivity index (χ4v) is 1.68. The molecule has 0 aliphatic rings. The van der Waals surface area contributed by atoms with E-state index in [2.05, 4.69) is 0 Å². The highest BCUT2D eigenvalue weighted by molar-refractivity contribution is 7.99. The summed E-state index contributed by atoms with van der Waals surface area (Å²) in [6, 6.07) is 6.53. The Balaban J connectivity index is 0.00000144. The minimum absolute atomic E-state index is 0. The van der Waals surface area contributed by atoms with Crippen molar-refractivity contribution in [2.45, 2.75) is 11.3 Å². The monoisotopic (exact) mass is 221 g/mol. The lowest BCUT2D eigenvalue weighted by Gasteiger charge is -1.99. The zero-order valence-electron chi connectivity index (χ0n) is 7.20. The fourth-order valence-electron chi connectivity index (χ4n) is 0.804. The first-order valence-corrected chi connectivity index (χ1v) is 4.90. The van der Waals surface area contributed by atoms with Crippen molar-refractivity contribution in [3.63, 3.8) is 0 Å². The van der Waals surface area contributed by atoms with Gasteiger partial charge in [0.2, 0.25) is 0 Å². The molecule has 1 rings (SSSR count). The lowest BCUT2D eigenvalue weighted by atomic mass is 10.4. The second kappa shape index (κ2) is 7.18. The van der Waals surface area contributed by atoms with Crippen LogP contribution < -0.4 is 5.73 Å². The molecule has 0 bridgehead atoms. The van der Waals surface area contributed by atoms with Crippen molar-refractivity contribution in [3.8, 4) is 0 Å². The van der Waals surface area contributed by atoms with Gasteiger partial charge in [-0.2, -0.15) is 0 Å². The van der Waals surface area contributed by atoms with Gasteiger partial charge in [0, 0.05) is 4.90 Å². The van der Waals surface area contributed by atoms with Crippen molar-refractivity contribution in [3.05, 3.63) is 30.1 Å². The molecule has 0 saturated heterocycles. The van der Waals surface area contributed by atoms with E-state index < -0.39 is 0 Å². The van der Waals surface area contributed by atoms with Crippen LogP contribution in [0.15, 0.2) is 29.2 Å². The zero-order chi connectivity index (χ0) is 8.81. The number of thioether (sulfide) groups is 1. The quantitative estimate of drug-likeness (QED) is 0.625. The summed E-state index contributed by atoms with van der Waals surface area (Å²) in [5, 5.41) is 0. The molecule has 4 heteroatoms. The summed E-state index contributed by atoms with van der Waals surface area (Å²) in [6.45, 7) is 0.716. The topological polar surface area (TPSA) is 26.0 Å². The van der Waals surface area contributed by atoms with Gasteiger partial charge in [0.15, 0.2) is 0 Å². The number of hydrogen-bond donors (Lipinski definition) is 1. The predicted octanol–water partition coefficient (Wildman–Crippen LogP) is 2.69. The van der Waals surface area contributed by atoms with Gasteiger partial charge in [-0.25, -0.2) is 4.39 Å². The summed E-state index contributed by atoms with van der Waals surface area (Å²) in [5.74, 6) is 0.820. The van der Waals surface area contributed by atoms with E-state index >= 15 is 0 Å². The van der Waals surface area contributed by atoms with Gasteiger partial charge in [-0.1, -0.05) is 0 Å². The molecule has 0 aliphatic carbocycles. The van der Waals surface area contributed by atoms with Gasteiger partial charge >= 0.3 is 0 Å². The highest BCUT2D eigenvalue weighted by Crippen LogP contribution is 2.18. The summed E-state index contributed by atoms with van der Waals surface area (Å²) in [6.07, 6.45) is 1.00. The molecule has 0 atom stereocenters. The second-order valence-corrected chi connectivity index (χ2v) is 3.61. The number of rotatable bonds is 4. The van der Waals surface area contributed by atoms with Crippen LogP contribution in [0.4, 0.5) is 4.39 Å². The lowest BCUT2D eigenvalue weighted by Crippen LogP contribution is -1.99. The fraction of sp³-hybridized carbons (Fsp3) is 0.333. The molecule has 0 unspecified atom stereocenters. The Labute approximate surface area is 88.3 Å². The SMILES string of the molecule is Cl.NCCCSc1ccc(F)cc1. The molecule has 74 valence electrons. The van der Waals surface area contributed by atoms with E-state index in [1.165, 1.54) is 12.1 Å². The number of halogens is 2. The van der Waals surface area contributed by atoms with Gasteiger partial charge in [-0.05, 0) is 43.0 Å². The van der Waals surface area contributed by atoms with Gasteiger partial charge in [0.1, 0.15) is 5.82 Å². The molecule has 0 spiro atoms. The van der Waals surface area contributed by atoms with Gasteiger partial charge in [-0.15, -0.1) is 24.2 Å². The minimum Gasteiger partial charge on any atom is -0.330 e. The highest BCUT2D eigenvalue weighted by Gasteiger charge is 1.93. The van der Waals surface area contributed by atoms with E-state index in [1.54, 1.807) is 23.9 Å². The second-order valence-electron chi connectivity index (χ2n) is 2.44. The Hall–Kier alpha value is -0.250. The molecule has 13 heavy (non-hydrogen) atoms. The minimum atomic E-state index is -0.182. The standard InChI is InChI=1S/C9H12FNS.ClH/c10-8-2-4-9(5-3-8)12-7-1-6-11;/h2-5H,1,6-7,11H2;1H. The smallest absolute Gasteiger partial charge is 0.123 e. The third kappa shape index (κ3) is 5.13. The maximum Gasteiger partial charge on any atom is 0.123 e. The number of nitrogens with two attached hydrogens (primary N) is 1. The van der Waals surface area contributed by atoms with Crippen molar-refractivity contribution >= 4 is 24.2 Å². The van der Waals surface area contributed by atoms with Gasteiger partial charge in [-0.3, -0.25) is 0 Å². The molecule has 2 N–H and O–H groups in total. The average molecular weight is 222 g/mol. The molecule has 0 amide bonds. The molecular formula is C9H13ClFNS. The van der Waals surface area contributed by atoms with E-state index in [9.17, 15) is 4.39 Å². The van der Waals surface area contributed by atoms with E-state index in [1.807, 2.05) is 0 Å². The first-order valence-electron chi connectivity index (χ1n) is 3.91. The van der Waals surface area contributed by atoms with Gasteiger partial charge in [0.25, 0.3) is 0 Å². The molecule has 1 nitrogen and oxygen atoms in total. The molecule has 0 heterocycles. The number of benzene rings is 1. The van der Waals surface area contributed by atoms with Crippen LogP contribution in [0.25, 0.3) is 0 Å². The first kappa shape index (κ1) is 12.8. The Bertz CT molecular complexity index is 228. The van der Waals surface area contributed by atoms with Crippen molar-refractivity contribution in [1.29, 1.82) is 0 Å². The van der Waals surface area contributed by atoms with Crippen LogP contribution >= 0.6 is 24.2 Å². The Kier molecular flexibility index (Phi) is 7.04. The van der Waals surface area contributed by atoms with Crippen molar-refractivity contribution < 1.29 is 4.39 Å². The van der Waals surface area contributed by atoms with Crippen LogP contribution in [-0.4, -0.2) is 12.3 Å². The van der Waals surface area contributed by atoms with E-state index in [4.69, 9.17) is 5.73 Å². The Morgan fingerprint density at radius 3 is 2.38 bits per heavy atom. The van der Waals surface area contributed by atoms with Crippen LogP contribution in [-0.2, 0) is 0 Å². The summed E-state index contributed by atoms with van der Waals surface area (Å²) in [4.78, 5) is 1.10. The van der Waals surface area contributed by atoms with Crippen LogP contribution in [0.3, 0.4) is 0 Å². The molecular weight excluding hydrogens is 209 g/mol. The van der Waals surface area contributed by atoms with Crippen LogP contribution in [0.2, 0.25) is 0 Å². The Morgan fingerprint density at radius 2 is 1.85 bits per heavy atom.